The Kier molecular flexibility index (Phi) is 3.35. The van der Waals surface area contributed by atoms with E-state index in [2.05, 4.69) is 9.71 Å². The first-order valence-electron chi connectivity index (χ1n) is 6.06. The van der Waals surface area contributed by atoms with Gasteiger partial charge in [0.25, 0.3) is 10.0 Å². The lowest BCUT2D eigenvalue weighted by molar-refractivity contribution is 0.415. The second kappa shape index (κ2) is 5.05. The van der Waals surface area contributed by atoms with E-state index in [1.807, 2.05) is 0 Å². The van der Waals surface area contributed by atoms with Gasteiger partial charge in [-0.05, 0) is 30.3 Å². The maximum atomic E-state index is 12.2. The Bertz CT molecular complexity index is 847. The number of sulfonamides is 1. The number of para-hydroxylation sites is 1. The van der Waals surface area contributed by atoms with Gasteiger partial charge >= 0.3 is 0 Å². The highest BCUT2D eigenvalue weighted by Gasteiger charge is 2.25. The van der Waals surface area contributed by atoms with Crippen molar-refractivity contribution in [3.63, 3.8) is 0 Å². The number of rotatable bonds is 2. The number of hydrogen-bond donors (Lipinski definition) is 1. The highest BCUT2D eigenvalue weighted by Crippen LogP contribution is 2.30. The number of hydrogen-bond acceptors (Lipinski definition) is 4. The third-order valence-electron chi connectivity index (χ3n) is 3.05. The molecule has 0 spiro atoms. The predicted molar refractivity (Wildman–Crippen MR) is 81.8 cm³/mol. The molecule has 1 aliphatic rings. The van der Waals surface area contributed by atoms with E-state index in [0.29, 0.717) is 22.0 Å². The molecule has 108 valence electrons. The van der Waals surface area contributed by atoms with Crippen molar-refractivity contribution in [1.82, 2.24) is 0 Å². The van der Waals surface area contributed by atoms with Crippen molar-refractivity contribution in [1.29, 1.82) is 0 Å². The molecule has 0 saturated carbocycles. The number of nitrogens with one attached hydrogen (secondary N) is 1. The minimum atomic E-state index is -3.72. The number of anilines is 1. The van der Waals surface area contributed by atoms with Crippen LogP contribution in [0.15, 0.2) is 51.8 Å². The van der Waals surface area contributed by atoms with Gasteiger partial charge in [-0.2, -0.15) is 8.42 Å². The number of methoxy groups -OCH3 is 1. The normalized spacial score (nSPS) is 15.6. The lowest BCUT2D eigenvalue weighted by Gasteiger charge is -2.18. The lowest BCUT2D eigenvalue weighted by atomic mass is 10.2. The number of amidine groups is 1. The Labute approximate surface area is 127 Å². The molecule has 0 aromatic heterocycles. The van der Waals surface area contributed by atoms with Crippen LogP contribution in [0.1, 0.15) is 5.56 Å². The maximum Gasteiger partial charge on any atom is 0.286 e. The van der Waals surface area contributed by atoms with Crippen LogP contribution in [0.25, 0.3) is 0 Å². The molecule has 0 atom stereocenters. The van der Waals surface area contributed by atoms with Crippen LogP contribution in [0.3, 0.4) is 0 Å². The first kappa shape index (κ1) is 13.9. The topological polar surface area (TPSA) is 67.8 Å². The van der Waals surface area contributed by atoms with E-state index in [-0.39, 0.29) is 10.7 Å². The third kappa shape index (κ3) is 2.48. The molecule has 3 rings (SSSR count). The molecule has 1 heterocycles. The first-order valence-corrected chi connectivity index (χ1v) is 7.88. The summed E-state index contributed by atoms with van der Waals surface area (Å²) in [6, 6.07) is 11.6. The molecule has 2 aromatic rings. The van der Waals surface area contributed by atoms with Crippen molar-refractivity contribution in [3.8, 4) is 5.75 Å². The quantitative estimate of drug-likeness (QED) is 0.923. The summed E-state index contributed by atoms with van der Waals surface area (Å²) in [6.07, 6.45) is 0. The van der Waals surface area contributed by atoms with Crippen LogP contribution < -0.4 is 10.1 Å². The third-order valence-corrected chi connectivity index (χ3v) is 4.68. The van der Waals surface area contributed by atoms with Gasteiger partial charge in [0, 0.05) is 5.56 Å². The Balaban J connectivity index is 2.10. The molecule has 0 saturated heterocycles. The Morgan fingerprint density at radius 1 is 1.19 bits per heavy atom. The summed E-state index contributed by atoms with van der Waals surface area (Å²) in [6.45, 7) is 0. The fourth-order valence-corrected chi connectivity index (χ4v) is 3.45. The molecule has 7 heteroatoms. The summed E-state index contributed by atoms with van der Waals surface area (Å²) >= 11 is 6.06. The zero-order chi connectivity index (χ0) is 15.0. The molecule has 21 heavy (non-hydrogen) atoms. The zero-order valence-electron chi connectivity index (χ0n) is 11.0. The van der Waals surface area contributed by atoms with Gasteiger partial charge in [-0.3, -0.25) is 0 Å². The van der Waals surface area contributed by atoms with Gasteiger partial charge in [0.05, 0.1) is 17.8 Å². The number of benzene rings is 2. The van der Waals surface area contributed by atoms with E-state index in [1.165, 1.54) is 13.2 Å². The minimum Gasteiger partial charge on any atom is -0.495 e. The predicted octanol–water partition coefficient (Wildman–Crippen LogP) is 2.91. The molecule has 1 aliphatic heterocycles. The van der Waals surface area contributed by atoms with Gasteiger partial charge in [0.15, 0.2) is 5.84 Å². The molecule has 0 aliphatic carbocycles. The van der Waals surface area contributed by atoms with Crippen LogP contribution >= 0.6 is 11.6 Å². The summed E-state index contributed by atoms with van der Waals surface area (Å²) in [5.41, 5.74) is 1.06. The summed E-state index contributed by atoms with van der Waals surface area (Å²) in [4.78, 5) is 0.161. The van der Waals surface area contributed by atoms with Gasteiger partial charge in [0.1, 0.15) is 10.6 Å². The smallest absolute Gasteiger partial charge is 0.286 e. The second-order valence-corrected chi connectivity index (χ2v) is 6.37. The van der Waals surface area contributed by atoms with Crippen LogP contribution in [0.4, 0.5) is 5.69 Å². The first-order chi connectivity index (χ1) is 10.0. The molecule has 0 fully saturated rings. The SMILES string of the molecule is COc1ccc(C2=NS(=O)(=O)c3ccccc3N2)cc1Cl. The highest BCUT2D eigenvalue weighted by atomic mass is 35.5. The number of fused-ring (bicyclic) bond motifs is 1. The second-order valence-electron chi connectivity index (χ2n) is 4.39. The largest absolute Gasteiger partial charge is 0.495 e. The zero-order valence-corrected chi connectivity index (χ0v) is 12.6. The van der Waals surface area contributed by atoms with Crippen molar-refractivity contribution in [3.05, 3.63) is 53.1 Å². The van der Waals surface area contributed by atoms with Gasteiger partial charge < -0.3 is 10.1 Å². The summed E-state index contributed by atoms with van der Waals surface area (Å²) in [5, 5.41) is 3.39. The van der Waals surface area contributed by atoms with Crippen LogP contribution in [0.2, 0.25) is 5.02 Å². The van der Waals surface area contributed by atoms with E-state index in [4.69, 9.17) is 16.3 Å². The van der Waals surface area contributed by atoms with Crippen molar-refractivity contribution >= 4 is 33.1 Å². The number of ether oxygens (including phenoxy) is 1. The van der Waals surface area contributed by atoms with E-state index in [0.717, 1.165) is 0 Å². The average Bonchev–Trinajstić information content (AvgIpc) is 2.46. The van der Waals surface area contributed by atoms with E-state index < -0.39 is 10.0 Å². The van der Waals surface area contributed by atoms with Crippen LogP contribution in [0, 0.1) is 0 Å². The molecular formula is C14H11ClN2O3S. The maximum absolute atomic E-state index is 12.2. The van der Waals surface area contributed by atoms with Gasteiger partial charge in [0.2, 0.25) is 0 Å². The van der Waals surface area contributed by atoms with Crippen LogP contribution in [0.5, 0.6) is 5.75 Å². The molecule has 0 amide bonds. The van der Waals surface area contributed by atoms with E-state index in [9.17, 15) is 8.42 Å². The molecule has 0 radical (unpaired) electrons. The van der Waals surface area contributed by atoms with Crippen LogP contribution in [-0.2, 0) is 10.0 Å². The van der Waals surface area contributed by atoms with Crippen LogP contribution in [-0.4, -0.2) is 21.4 Å². The summed E-state index contributed by atoms with van der Waals surface area (Å²) < 4.78 is 33.2. The van der Waals surface area contributed by atoms with Crippen molar-refractivity contribution in [2.75, 3.05) is 12.4 Å². The molecule has 1 N–H and O–H groups in total. The molecule has 0 unspecified atom stereocenters. The standard InChI is InChI=1S/C14H11ClN2O3S/c1-20-12-7-6-9(8-10(12)15)14-16-11-4-2-3-5-13(11)21(18,19)17-14/h2-8H,1H3,(H,16,17). The Hall–Kier alpha value is -2.05. The van der Waals surface area contributed by atoms with Gasteiger partial charge in [-0.1, -0.05) is 23.7 Å². The highest BCUT2D eigenvalue weighted by molar-refractivity contribution is 7.90. The van der Waals surface area contributed by atoms with Gasteiger partial charge in [-0.15, -0.1) is 4.40 Å². The number of nitrogens with zero attached hydrogens (tertiary/aromatic N) is 1. The lowest BCUT2D eigenvalue weighted by Crippen LogP contribution is -2.22. The van der Waals surface area contributed by atoms with Crippen molar-refractivity contribution in [2.45, 2.75) is 4.90 Å². The monoisotopic (exact) mass is 322 g/mol. The molecule has 5 nitrogen and oxygen atoms in total. The van der Waals surface area contributed by atoms with E-state index >= 15 is 0 Å². The Morgan fingerprint density at radius 2 is 1.95 bits per heavy atom. The Morgan fingerprint density at radius 3 is 2.67 bits per heavy atom. The molecular weight excluding hydrogens is 312 g/mol. The number of halogens is 1. The van der Waals surface area contributed by atoms with Crippen molar-refractivity contribution in [2.24, 2.45) is 4.40 Å². The van der Waals surface area contributed by atoms with E-state index in [1.54, 1.807) is 36.4 Å². The minimum absolute atomic E-state index is 0.161. The van der Waals surface area contributed by atoms with Gasteiger partial charge in [-0.25, -0.2) is 0 Å². The van der Waals surface area contributed by atoms with Crippen molar-refractivity contribution < 1.29 is 13.2 Å². The molecule has 2 aromatic carbocycles. The fraction of sp³-hybridized carbons (Fsp3) is 0.0714. The average molecular weight is 323 g/mol. The summed E-state index contributed by atoms with van der Waals surface area (Å²) in [7, 11) is -2.20. The fourth-order valence-electron chi connectivity index (χ4n) is 2.05. The summed E-state index contributed by atoms with van der Waals surface area (Å²) in [5.74, 6) is 0.748. The molecule has 0 bridgehead atoms.